The summed E-state index contributed by atoms with van der Waals surface area (Å²) in [5, 5.41) is 14.3. The van der Waals surface area contributed by atoms with E-state index in [1.807, 2.05) is 0 Å². The van der Waals surface area contributed by atoms with Gasteiger partial charge in [-0.3, -0.25) is 10.6 Å². The first kappa shape index (κ1) is 17.2. The standard InChI is InChI=1S/C19H33N5O2/c1-11-3-2-10-26-14-7-9-21-18-17(14)24(19(25)23-18)15-5-4-13-16(22-15)12(11)6-8-20-13/h11-18,20-22H,2-10H2,1H3,(H,23,25)/t11-,12?,13?,14?,15?,16?,17?,18?/m0/s1. The minimum atomic E-state index is 0.0166. The van der Waals surface area contributed by atoms with Crippen molar-refractivity contribution in [3.05, 3.63) is 0 Å². The van der Waals surface area contributed by atoms with Gasteiger partial charge in [0.15, 0.2) is 0 Å². The Hall–Kier alpha value is -0.890. The van der Waals surface area contributed by atoms with Gasteiger partial charge in [0.25, 0.3) is 0 Å². The van der Waals surface area contributed by atoms with Crippen LogP contribution < -0.4 is 21.3 Å². The lowest BCUT2D eigenvalue weighted by atomic mass is 9.74. The highest BCUT2D eigenvalue weighted by atomic mass is 16.5. The number of rotatable bonds is 0. The monoisotopic (exact) mass is 363 g/mol. The molecule has 0 aromatic heterocycles. The third-order valence-electron chi connectivity index (χ3n) is 7.47. The van der Waals surface area contributed by atoms with E-state index in [2.05, 4.69) is 33.1 Å². The van der Waals surface area contributed by atoms with Gasteiger partial charge in [-0.25, -0.2) is 4.79 Å². The smallest absolute Gasteiger partial charge is 0.320 e. The lowest BCUT2D eigenvalue weighted by Gasteiger charge is -2.51. The second-order valence-corrected chi connectivity index (χ2v) is 8.90. The van der Waals surface area contributed by atoms with E-state index in [0.29, 0.717) is 23.9 Å². The highest BCUT2D eigenvalue weighted by Gasteiger charge is 2.51. The number of fused-ring (bicyclic) bond motifs is 2. The fourth-order valence-corrected chi connectivity index (χ4v) is 6.15. The molecule has 7 heteroatoms. The Morgan fingerprint density at radius 1 is 1.08 bits per heavy atom. The number of piperidine rings is 3. The Morgan fingerprint density at radius 3 is 2.88 bits per heavy atom. The van der Waals surface area contributed by atoms with Gasteiger partial charge in [-0.2, -0.15) is 0 Å². The Labute approximate surface area is 156 Å². The van der Waals surface area contributed by atoms with Crippen molar-refractivity contribution < 1.29 is 9.53 Å². The number of hydrogen-bond acceptors (Lipinski definition) is 5. The molecule has 0 radical (unpaired) electrons. The van der Waals surface area contributed by atoms with Crippen LogP contribution in [0, 0.1) is 11.8 Å². The molecule has 0 aromatic carbocycles. The number of urea groups is 1. The topological polar surface area (TPSA) is 77.7 Å². The first-order valence-electron chi connectivity index (χ1n) is 10.7. The van der Waals surface area contributed by atoms with Gasteiger partial charge >= 0.3 is 6.03 Å². The molecule has 5 fully saturated rings. The molecule has 0 aromatic rings. The normalized spacial score (nSPS) is 48.8. The van der Waals surface area contributed by atoms with Gasteiger partial charge in [-0.1, -0.05) is 6.92 Å². The fraction of sp³-hybridized carbons (Fsp3) is 0.947. The molecule has 4 N–H and O–H groups in total. The van der Waals surface area contributed by atoms with Gasteiger partial charge in [-0.15, -0.1) is 0 Å². The zero-order valence-corrected chi connectivity index (χ0v) is 15.7. The molecule has 2 bridgehead atoms. The lowest BCUT2D eigenvalue weighted by molar-refractivity contribution is -0.0493. The quantitative estimate of drug-likeness (QED) is 0.506. The van der Waals surface area contributed by atoms with Crippen molar-refractivity contribution >= 4 is 6.03 Å². The highest BCUT2D eigenvalue weighted by Crippen LogP contribution is 2.35. The molecule has 0 spiro atoms. The molecule has 7 nitrogen and oxygen atoms in total. The highest BCUT2D eigenvalue weighted by molar-refractivity contribution is 5.78. The molecule has 5 aliphatic rings. The molecule has 5 aliphatic heterocycles. The molecule has 5 saturated heterocycles. The van der Waals surface area contributed by atoms with Gasteiger partial charge in [0.05, 0.1) is 18.3 Å². The number of carbonyl (C=O) groups excluding carboxylic acids is 1. The Kier molecular flexibility index (Phi) is 4.59. The van der Waals surface area contributed by atoms with Crippen LogP contribution in [0.5, 0.6) is 0 Å². The van der Waals surface area contributed by atoms with E-state index in [1.165, 1.54) is 12.8 Å². The summed E-state index contributed by atoms with van der Waals surface area (Å²) in [7, 11) is 0. The van der Waals surface area contributed by atoms with E-state index in [0.717, 1.165) is 45.4 Å². The Morgan fingerprint density at radius 2 is 1.96 bits per heavy atom. The predicted molar refractivity (Wildman–Crippen MR) is 98.5 cm³/mol. The van der Waals surface area contributed by atoms with E-state index in [4.69, 9.17) is 4.74 Å². The molecular weight excluding hydrogens is 330 g/mol. The van der Waals surface area contributed by atoms with Gasteiger partial charge < -0.3 is 20.3 Å². The minimum absolute atomic E-state index is 0.0166. The molecule has 146 valence electrons. The molecule has 0 saturated carbocycles. The van der Waals surface area contributed by atoms with Gasteiger partial charge in [-0.05, 0) is 63.5 Å². The average Bonchev–Trinajstić information content (AvgIpc) is 2.99. The summed E-state index contributed by atoms with van der Waals surface area (Å²) in [6.07, 6.45) is 6.99. The number of hydrogen-bond donors (Lipinski definition) is 4. The van der Waals surface area contributed by atoms with Crippen LogP contribution in [0.4, 0.5) is 4.79 Å². The number of nitrogens with zero attached hydrogens (tertiary/aromatic N) is 1. The van der Waals surface area contributed by atoms with Crippen molar-refractivity contribution in [3.8, 4) is 0 Å². The van der Waals surface area contributed by atoms with Crippen LogP contribution in [0.1, 0.15) is 45.4 Å². The van der Waals surface area contributed by atoms with Crippen LogP contribution in [0.3, 0.4) is 0 Å². The van der Waals surface area contributed by atoms with Gasteiger partial charge in [0, 0.05) is 18.7 Å². The third kappa shape index (κ3) is 2.84. The van der Waals surface area contributed by atoms with Crippen LogP contribution in [0.15, 0.2) is 0 Å². The first-order valence-corrected chi connectivity index (χ1v) is 10.7. The van der Waals surface area contributed by atoms with Crippen LogP contribution in [0.25, 0.3) is 0 Å². The Bertz CT molecular complexity index is 546. The minimum Gasteiger partial charge on any atom is -0.376 e. The lowest BCUT2D eigenvalue weighted by Crippen LogP contribution is -2.68. The van der Waals surface area contributed by atoms with Crippen molar-refractivity contribution in [2.75, 3.05) is 19.7 Å². The summed E-state index contributed by atoms with van der Waals surface area (Å²) in [6.45, 7) is 5.26. The average molecular weight is 364 g/mol. The second-order valence-electron chi connectivity index (χ2n) is 8.90. The predicted octanol–water partition coefficient (Wildman–Crippen LogP) is 0.571. The number of ether oxygens (including phenoxy) is 1. The SMILES string of the molecule is C[C@H]1CCCOC2CCNC3NC(=O)N(C4CCC5NCCC1C5N4)C32. The van der Waals surface area contributed by atoms with Crippen LogP contribution in [0.2, 0.25) is 0 Å². The van der Waals surface area contributed by atoms with Gasteiger partial charge in [0.2, 0.25) is 0 Å². The maximum Gasteiger partial charge on any atom is 0.320 e. The molecular formula is C19H33N5O2. The summed E-state index contributed by atoms with van der Waals surface area (Å²) < 4.78 is 6.32. The van der Waals surface area contributed by atoms with E-state index < -0.39 is 0 Å². The molecule has 7 unspecified atom stereocenters. The molecule has 26 heavy (non-hydrogen) atoms. The summed E-state index contributed by atoms with van der Waals surface area (Å²) in [5.74, 6) is 1.38. The summed E-state index contributed by atoms with van der Waals surface area (Å²) in [6, 6.07) is 1.18. The second kappa shape index (κ2) is 6.93. The molecule has 5 heterocycles. The molecule has 0 aliphatic carbocycles. The molecule has 2 amide bonds. The van der Waals surface area contributed by atoms with Crippen LogP contribution in [-0.4, -0.2) is 67.2 Å². The summed E-state index contributed by atoms with van der Waals surface area (Å²) in [4.78, 5) is 14.9. The van der Waals surface area contributed by atoms with Crippen molar-refractivity contribution in [3.63, 3.8) is 0 Å². The number of amides is 2. The summed E-state index contributed by atoms with van der Waals surface area (Å²) in [5.41, 5.74) is 0. The number of carbonyl (C=O) groups is 1. The largest absolute Gasteiger partial charge is 0.376 e. The zero-order valence-electron chi connectivity index (χ0n) is 15.7. The van der Waals surface area contributed by atoms with Gasteiger partial charge in [0.1, 0.15) is 6.17 Å². The van der Waals surface area contributed by atoms with E-state index in [1.54, 1.807) is 0 Å². The van der Waals surface area contributed by atoms with Crippen molar-refractivity contribution in [1.82, 2.24) is 26.2 Å². The van der Waals surface area contributed by atoms with Crippen molar-refractivity contribution in [1.29, 1.82) is 0 Å². The Balaban J connectivity index is 1.46. The van der Waals surface area contributed by atoms with E-state index in [9.17, 15) is 4.79 Å². The maximum absolute atomic E-state index is 12.8. The summed E-state index contributed by atoms with van der Waals surface area (Å²) >= 11 is 0. The van der Waals surface area contributed by atoms with E-state index >= 15 is 0 Å². The molecule has 5 rings (SSSR count). The molecule has 8 atom stereocenters. The fourth-order valence-electron chi connectivity index (χ4n) is 6.15. The third-order valence-corrected chi connectivity index (χ3v) is 7.47. The van der Waals surface area contributed by atoms with Crippen molar-refractivity contribution in [2.45, 2.75) is 82.0 Å². The van der Waals surface area contributed by atoms with Crippen molar-refractivity contribution in [2.24, 2.45) is 11.8 Å². The van der Waals surface area contributed by atoms with Crippen LogP contribution >= 0.6 is 0 Å². The zero-order chi connectivity index (χ0) is 17.7. The first-order chi connectivity index (χ1) is 12.7. The van der Waals surface area contributed by atoms with E-state index in [-0.39, 0.29) is 30.5 Å². The maximum atomic E-state index is 12.8. The van der Waals surface area contributed by atoms with Crippen LogP contribution in [-0.2, 0) is 4.74 Å². The number of nitrogens with one attached hydrogen (secondary N) is 4.